The van der Waals surface area contributed by atoms with E-state index in [-0.39, 0.29) is 6.71 Å². The second kappa shape index (κ2) is 6.42. The monoisotopic (exact) mass is 434 g/mol. The van der Waals surface area contributed by atoms with Gasteiger partial charge >= 0.3 is 0 Å². The molecule has 1 heterocycles. The van der Waals surface area contributed by atoms with Crippen LogP contribution in [0.1, 0.15) is 38.9 Å². The van der Waals surface area contributed by atoms with E-state index in [1.807, 2.05) is 0 Å². The van der Waals surface area contributed by atoms with Gasteiger partial charge in [-0.15, -0.1) is 0 Å². The Bertz CT molecular complexity index is 1590. The van der Waals surface area contributed by atoms with Gasteiger partial charge in [-0.1, -0.05) is 93.7 Å². The van der Waals surface area contributed by atoms with Crippen molar-refractivity contribution >= 4 is 44.6 Å². The van der Waals surface area contributed by atoms with E-state index in [9.17, 15) is 0 Å². The predicted octanol–water partition coefficient (Wildman–Crippen LogP) is 5.61. The van der Waals surface area contributed by atoms with Crippen LogP contribution in [0.15, 0.2) is 60.7 Å². The summed E-state index contributed by atoms with van der Waals surface area (Å²) < 4.78 is 0. The first-order valence-corrected chi connectivity index (χ1v) is 12.8. The van der Waals surface area contributed by atoms with Crippen LogP contribution in [0.4, 0.5) is 0 Å². The van der Waals surface area contributed by atoms with E-state index < -0.39 is 0 Å². The Kier molecular flexibility index (Phi) is 3.59. The molecule has 0 saturated heterocycles. The summed E-state index contributed by atoms with van der Waals surface area (Å²) in [6.07, 6.45) is 4.70. The third-order valence-electron chi connectivity index (χ3n) is 9.00. The molecule has 34 heavy (non-hydrogen) atoms. The lowest BCUT2D eigenvalue weighted by atomic mass is 9.34. The SMILES string of the molecule is Cc1cc(C)c(B2c3ccc4c5c(ccc(c35)-c3ccc5c6c(ccc2c36)CC5)CC4)c(C)c1. The van der Waals surface area contributed by atoms with Crippen molar-refractivity contribution in [2.75, 3.05) is 0 Å². The molecule has 1 aliphatic heterocycles. The third kappa shape index (κ3) is 2.26. The molecule has 0 bridgehead atoms. The molecule has 3 aliphatic rings. The lowest BCUT2D eigenvalue weighted by Crippen LogP contribution is -2.54. The van der Waals surface area contributed by atoms with E-state index in [1.165, 1.54) is 103 Å². The highest BCUT2D eigenvalue weighted by Crippen LogP contribution is 2.43. The molecule has 5 aromatic carbocycles. The van der Waals surface area contributed by atoms with E-state index in [0.717, 1.165) is 0 Å². The summed E-state index contributed by atoms with van der Waals surface area (Å²) in [5.74, 6) is 0. The molecule has 0 fully saturated rings. The predicted molar refractivity (Wildman–Crippen MR) is 147 cm³/mol. The largest absolute Gasteiger partial charge is 0.243 e. The van der Waals surface area contributed by atoms with Crippen molar-refractivity contribution in [1.82, 2.24) is 0 Å². The minimum absolute atomic E-state index is 0.260. The molecule has 1 heteroatoms. The zero-order chi connectivity index (χ0) is 22.7. The van der Waals surface area contributed by atoms with Gasteiger partial charge in [0, 0.05) is 0 Å². The zero-order valence-electron chi connectivity index (χ0n) is 20.2. The summed E-state index contributed by atoms with van der Waals surface area (Å²) in [7, 11) is 0. The highest BCUT2D eigenvalue weighted by molar-refractivity contribution is 6.99. The first kappa shape index (κ1) is 19.0. The Morgan fingerprint density at radius 1 is 0.500 bits per heavy atom. The third-order valence-corrected chi connectivity index (χ3v) is 9.00. The summed E-state index contributed by atoms with van der Waals surface area (Å²) >= 11 is 0. The van der Waals surface area contributed by atoms with E-state index >= 15 is 0 Å². The molecule has 0 N–H and O–H groups in total. The van der Waals surface area contributed by atoms with Crippen LogP contribution in [0.5, 0.6) is 0 Å². The normalized spacial score (nSPS) is 15.0. The van der Waals surface area contributed by atoms with Crippen LogP contribution in [-0.2, 0) is 25.7 Å². The molecule has 2 aliphatic carbocycles. The first-order chi connectivity index (χ1) is 16.6. The second-order valence-electron chi connectivity index (χ2n) is 10.9. The van der Waals surface area contributed by atoms with Crippen molar-refractivity contribution in [3.8, 4) is 11.1 Å². The number of benzene rings is 5. The number of hydrogen-bond donors (Lipinski definition) is 0. The van der Waals surface area contributed by atoms with Gasteiger partial charge in [-0.2, -0.15) is 0 Å². The van der Waals surface area contributed by atoms with Gasteiger partial charge in [0.1, 0.15) is 0 Å². The summed E-state index contributed by atoms with van der Waals surface area (Å²) in [5, 5.41) is 6.12. The number of aryl methyl sites for hydroxylation is 7. The maximum absolute atomic E-state index is 2.48. The van der Waals surface area contributed by atoms with Gasteiger partial charge in [-0.05, 0) is 101 Å². The Balaban J connectivity index is 1.63. The van der Waals surface area contributed by atoms with Gasteiger partial charge in [-0.25, -0.2) is 0 Å². The minimum Gasteiger partial charge on any atom is -0.0660 e. The summed E-state index contributed by atoms with van der Waals surface area (Å²) in [5.41, 5.74) is 17.7. The molecular formula is C33H27B. The maximum Gasteiger partial charge on any atom is 0.243 e. The average molecular weight is 434 g/mol. The molecule has 0 aromatic heterocycles. The van der Waals surface area contributed by atoms with Crippen molar-refractivity contribution in [2.24, 2.45) is 0 Å². The summed E-state index contributed by atoms with van der Waals surface area (Å²) in [4.78, 5) is 0. The van der Waals surface area contributed by atoms with E-state index in [0.29, 0.717) is 0 Å². The van der Waals surface area contributed by atoms with Gasteiger partial charge in [0.05, 0.1) is 0 Å². The molecule has 0 unspecified atom stereocenters. The number of fused-ring (bicyclic) bond motifs is 1. The zero-order valence-corrected chi connectivity index (χ0v) is 20.2. The van der Waals surface area contributed by atoms with Crippen LogP contribution < -0.4 is 16.4 Å². The van der Waals surface area contributed by atoms with Crippen molar-refractivity contribution in [1.29, 1.82) is 0 Å². The smallest absolute Gasteiger partial charge is 0.0660 e. The second-order valence-corrected chi connectivity index (χ2v) is 10.9. The molecule has 0 atom stereocenters. The van der Waals surface area contributed by atoms with Crippen LogP contribution in [0.3, 0.4) is 0 Å². The Labute approximate surface area is 201 Å². The molecule has 0 amide bonds. The Hall–Kier alpha value is -3.32. The molecule has 162 valence electrons. The standard InChI is InChI=1S/C33H27B/c1-18-16-19(2)33(20(3)17-18)34-27-14-10-23-6-4-21-8-12-25(31(27)29(21)23)26-13-9-22-5-7-24-11-15-28(34)32(26)30(22)24/h8-17H,4-7H2,1-3H3. The lowest BCUT2D eigenvalue weighted by molar-refractivity contribution is 1.02. The lowest BCUT2D eigenvalue weighted by Gasteiger charge is -2.23. The van der Waals surface area contributed by atoms with Crippen LogP contribution in [0.2, 0.25) is 0 Å². The van der Waals surface area contributed by atoms with E-state index in [4.69, 9.17) is 0 Å². The highest BCUT2D eigenvalue weighted by Gasteiger charge is 2.35. The van der Waals surface area contributed by atoms with Gasteiger partial charge in [0.25, 0.3) is 0 Å². The highest BCUT2D eigenvalue weighted by atomic mass is 14.3. The fraction of sp³-hybridized carbons (Fsp3) is 0.212. The van der Waals surface area contributed by atoms with Crippen molar-refractivity contribution in [3.63, 3.8) is 0 Å². The van der Waals surface area contributed by atoms with E-state index in [2.05, 4.69) is 81.4 Å². The van der Waals surface area contributed by atoms with Crippen LogP contribution in [-0.4, -0.2) is 6.71 Å². The van der Waals surface area contributed by atoms with Gasteiger partial charge in [0.2, 0.25) is 6.71 Å². The fourth-order valence-corrected chi connectivity index (χ4v) is 7.77. The molecule has 0 radical (unpaired) electrons. The van der Waals surface area contributed by atoms with E-state index in [1.54, 1.807) is 10.8 Å². The van der Waals surface area contributed by atoms with Crippen LogP contribution >= 0.6 is 0 Å². The number of hydrogen-bond acceptors (Lipinski definition) is 0. The van der Waals surface area contributed by atoms with Crippen molar-refractivity contribution < 1.29 is 0 Å². The molecule has 0 spiro atoms. The molecule has 8 rings (SSSR count). The summed E-state index contributed by atoms with van der Waals surface area (Å²) in [6, 6.07) is 24.3. The van der Waals surface area contributed by atoms with Gasteiger partial charge < -0.3 is 0 Å². The van der Waals surface area contributed by atoms with Crippen molar-refractivity contribution in [3.05, 3.63) is 99.6 Å². The minimum atomic E-state index is 0.260. The molecular weight excluding hydrogens is 407 g/mol. The molecule has 5 aromatic rings. The first-order valence-electron chi connectivity index (χ1n) is 12.8. The van der Waals surface area contributed by atoms with Gasteiger partial charge in [-0.3, -0.25) is 0 Å². The summed E-state index contributed by atoms with van der Waals surface area (Å²) in [6.45, 7) is 7.13. The van der Waals surface area contributed by atoms with Crippen LogP contribution in [0.25, 0.3) is 32.7 Å². The fourth-order valence-electron chi connectivity index (χ4n) is 7.77. The molecule has 0 saturated carbocycles. The topological polar surface area (TPSA) is 0 Å². The number of rotatable bonds is 1. The Morgan fingerprint density at radius 2 is 0.912 bits per heavy atom. The average Bonchev–Trinajstić information content (AvgIpc) is 3.42. The van der Waals surface area contributed by atoms with Gasteiger partial charge in [0.15, 0.2) is 0 Å². The quantitative estimate of drug-likeness (QED) is 0.295. The molecule has 0 nitrogen and oxygen atoms in total. The van der Waals surface area contributed by atoms with Crippen LogP contribution in [0, 0.1) is 20.8 Å². The Morgan fingerprint density at radius 3 is 1.35 bits per heavy atom. The maximum atomic E-state index is 2.48. The van der Waals surface area contributed by atoms with Crippen molar-refractivity contribution in [2.45, 2.75) is 46.5 Å².